The molecule has 1 aliphatic heterocycles. The first-order chi connectivity index (χ1) is 11.1. The molecule has 0 radical (unpaired) electrons. The van der Waals surface area contributed by atoms with E-state index in [0.717, 1.165) is 17.9 Å². The Morgan fingerprint density at radius 1 is 1.48 bits per heavy atom. The molecule has 7 heteroatoms. The maximum Gasteiger partial charge on any atom is 0.318 e. The number of aromatic nitrogens is 3. The Morgan fingerprint density at radius 3 is 3.09 bits per heavy atom. The molecule has 1 fully saturated rings. The summed E-state index contributed by atoms with van der Waals surface area (Å²) >= 11 is 0. The average Bonchev–Trinajstić information content (AvgIpc) is 2.98. The van der Waals surface area contributed by atoms with Gasteiger partial charge in [0.15, 0.2) is 11.5 Å². The van der Waals surface area contributed by atoms with Gasteiger partial charge >= 0.3 is 6.03 Å². The molecule has 7 nitrogen and oxygen atoms in total. The van der Waals surface area contributed by atoms with Gasteiger partial charge in [-0.25, -0.2) is 4.79 Å². The third kappa shape index (κ3) is 3.14. The van der Waals surface area contributed by atoms with Crippen LogP contribution in [0.4, 0.5) is 4.79 Å². The largest absolute Gasteiger partial charge is 0.375 e. The number of pyridine rings is 1. The van der Waals surface area contributed by atoms with Crippen LogP contribution in [0.5, 0.6) is 0 Å². The summed E-state index contributed by atoms with van der Waals surface area (Å²) in [6, 6.07) is 5.54. The highest BCUT2D eigenvalue weighted by molar-refractivity contribution is 5.75. The molecule has 1 aliphatic rings. The van der Waals surface area contributed by atoms with Crippen LogP contribution in [0.2, 0.25) is 0 Å². The number of hydrogen-bond acceptors (Lipinski definition) is 4. The highest BCUT2D eigenvalue weighted by Crippen LogP contribution is 2.17. The molecule has 0 unspecified atom stereocenters. The van der Waals surface area contributed by atoms with E-state index < -0.39 is 0 Å². The minimum atomic E-state index is -0.226. The van der Waals surface area contributed by atoms with E-state index in [0.29, 0.717) is 13.2 Å². The van der Waals surface area contributed by atoms with Crippen molar-refractivity contribution in [2.45, 2.75) is 45.4 Å². The first-order valence-electron chi connectivity index (χ1n) is 8.08. The lowest BCUT2D eigenvalue weighted by molar-refractivity contribution is -0.0381. The first-order valence-corrected chi connectivity index (χ1v) is 8.08. The molecule has 2 amide bonds. The van der Waals surface area contributed by atoms with Crippen molar-refractivity contribution in [1.29, 1.82) is 0 Å². The van der Waals surface area contributed by atoms with Crippen molar-refractivity contribution in [2.75, 3.05) is 13.2 Å². The van der Waals surface area contributed by atoms with E-state index in [1.807, 2.05) is 47.5 Å². The topological polar surface area (TPSA) is 71.8 Å². The lowest BCUT2D eigenvalue weighted by Gasteiger charge is -2.38. The zero-order valence-corrected chi connectivity index (χ0v) is 13.8. The fourth-order valence-corrected chi connectivity index (χ4v) is 2.92. The van der Waals surface area contributed by atoms with Gasteiger partial charge in [0.05, 0.1) is 24.8 Å². The third-order valence-corrected chi connectivity index (χ3v) is 4.27. The van der Waals surface area contributed by atoms with E-state index in [-0.39, 0.29) is 24.2 Å². The number of fused-ring (bicyclic) bond motifs is 1. The van der Waals surface area contributed by atoms with E-state index >= 15 is 0 Å². The van der Waals surface area contributed by atoms with E-state index in [1.165, 1.54) is 0 Å². The van der Waals surface area contributed by atoms with Crippen molar-refractivity contribution in [1.82, 2.24) is 24.8 Å². The molecule has 0 aromatic carbocycles. The summed E-state index contributed by atoms with van der Waals surface area (Å²) in [7, 11) is 0. The Morgan fingerprint density at radius 2 is 2.30 bits per heavy atom. The van der Waals surface area contributed by atoms with Gasteiger partial charge in [0.2, 0.25) is 0 Å². The average molecular weight is 317 g/mol. The number of carbonyl (C=O) groups is 1. The Balaban J connectivity index is 1.73. The van der Waals surface area contributed by atoms with E-state index in [2.05, 4.69) is 22.4 Å². The van der Waals surface area contributed by atoms with Gasteiger partial charge in [-0.2, -0.15) is 0 Å². The Bertz CT molecular complexity index is 686. The lowest BCUT2D eigenvalue weighted by atomic mass is 10.1. The van der Waals surface area contributed by atoms with Crippen LogP contribution in [0.3, 0.4) is 0 Å². The van der Waals surface area contributed by atoms with Crippen molar-refractivity contribution in [3.05, 3.63) is 30.2 Å². The normalized spacial score (nSPS) is 23.0. The standard InChI is InChI=1S/C16H23N5O2/c1-4-13-10-23-11(2)9-21(13)16(22)17-12(3)15-19-18-14-7-5-6-8-20(14)15/h5-8,11-13H,4,9-10H2,1-3H3,(H,17,22)/t11-,12+,13-/m1/s1. The maximum atomic E-state index is 12.7. The first kappa shape index (κ1) is 15.7. The molecule has 3 rings (SSSR count). The van der Waals surface area contributed by atoms with Gasteiger partial charge in [0.25, 0.3) is 0 Å². The fourth-order valence-electron chi connectivity index (χ4n) is 2.92. The van der Waals surface area contributed by atoms with Gasteiger partial charge in [-0.15, -0.1) is 10.2 Å². The minimum Gasteiger partial charge on any atom is -0.375 e. The lowest BCUT2D eigenvalue weighted by Crippen LogP contribution is -2.54. The minimum absolute atomic E-state index is 0.0628. The molecule has 3 heterocycles. The Labute approximate surface area is 135 Å². The van der Waals surface area contributed by atoms with Crippen LogP contribution >= 0.6 is 0 Å². The molecule has 2 aromatic rings. The fraction of sp³-hybridized carbons (Fsp3) is 0.562. The predicted octanol–water partition coefficient (Wildman–Crippen LogP) is 2.00. The van der Waals surface area contributed by atoms with Crippen LogP contribution in [0.1, 0.15) is 39.1 Å². The van der Waals surface area contributed by atoms with Crippen LogP contribution in [-0.2, 0) is 4.74 Å². The van der Waals surface area contributed by atoms with Gasteiger partial charge in [-0.1, -0.05) is 13.0 Å². The van der Waals surface area contributed by atoms with Gasteiger partial charge in [-0.3, -0.25) is 4.40 Å². The van der Waals surface area contributed by atoms with Crippen molar-refractivity contribution in [3.63, 3.8) is 0 Å². The van der Waals surface area contributed by atoms with Crippen molar-refractivity contribution in [3.8, 4) is 0 Å². The number of amides is 2. The SMILES string of the molecule is CC[C@@H]1CO[C@H](C)CN1C(=O)N[C@@H](C)c1nnc2ccccn12. The summed E-state index contributed by atoms with van der Waals surface area (Å²) in [5.41, 5.74) is 0.773. The summed E-state index contributed by atoms with van der Waals surface area (Å²) < 4.78 is 7.54. The highest BCUT2D eigenvalue weighted by Gasteiger charge is 2.30. The summed E-state index contributed by atoms with van der Waals surface area (Å²) in [6.07, 6.45) is 2.84. The number of rotatable bonds is 3. The summed E-state index contributed by atoms with van der Waals surface area (Å²) in [5, 5.41) is 11.4. The van der Waals surface area contributed by atoms with Crippen LogP contribution < -0.4 is 5.32 Å². The predicted molar refractivity (Wildman–Crippen MR) is 86.1 cm³/mol. The number of hydrogen-bond donors (Lipinski definition) is 1. The number of nitrogens with one attached hydrogen (secondary N) is 1. The number of morpholine rings is 1. The van der Waals surface area contributed by atoms with E-state index in [4.69, 9.17) is 4.74 Å². The molecule has 1 saturated heterocycles. The number of carbonyl (C=O) groups excluding carboxylic acids is 1. The van der Waals surface area contributed by atoms with Gasteiger partial charge in [0.1, 0.15) is 0 Å². The molecule has 0 spiro atoms. The monoisotopic (exact) mass is 317 g/mol. The Kier molecular flexibility index (Phi) is 4.47. The summed E-state index contributed by atoms with van der Waals surface area (Å²) in [4.78, 5) is 14.5. The van der Waals surface area contributed by atoms with Crippen LogP contribution in [0.15, 0.2) is 24.4 Å². The molecular weight excluding hydrogens is 294 g/mol. The van der Waals surface area contributed by atoms with Crippen molar-refractivity contribution in [2.24, 2.45) is 0 Å². The molecule has 1 N–H and O–H groups in total. The molecular formula is C16H23N5O2. The zero-order valence-electron chi connectivity index (χ0n) is 13.8. The second kappa shape index (κ2) is 6.54. The summed E-state index contributed by atoms with van der Waals surface area (Å²) in [6.45, 7) is 7.18. The second-order valence-electron chi connectivity index (χ2n) is 6.02. The number of nitrogens with zero attached hydrogens (tertiary/aromatic N) is 4. The van der Waals surface area contributed by atoms with Crippen LogP contribution in [0, 0.1) is 0 Å². The number of ether oxygens (including phenoxy) is 1. The molecule has 23 heavy (non-hydrogen) atoms. The van der Waals surface area contributed by atoms with Crippen molar-refractivity contribution < 1.29 is 9.53 Å². The zero-order chi connectivity index (χ0) is 16.4. The number of urea groups is 1. The highest BCUT2D eigenvalue weighted by atomic mass is 16.5. The van der Waals surface area contributed by atoms with Gasteiger partial charge in [-0.05, 0) is 32.4 Å². The van der Waals surface area contributed by atoms with Crippen LogP contribution in [-0.4, -0.2) is 50.8 Å². The van der Waals surface area contributed by atoms with Crippen LogP contribution in [0.25, 0.3) is 5.65 Å². The second-order valence-corrected chi connectivity index (χ2v) is 6.02. The molecule has 0 saturated carbocycles. The molecule has 3 atom stereocenters. The molecule has 0 aliphatic carbocycles. The molecule has 124 valence electrons. The Hall–Kier alpha value is -2.15. The summed E-state index contributed by atoms with van der Waals surface area (Å²) in [5.74, 6) is 0.725. The maximum absolute atomic E-state index is 12.7. The van der Waals surface area contributed by atoms with Gasteiger partial charge < -0.3 is 15.0 Å². The quantitative estimate of drug-likeness (QED) is 0.940. The van der Waals surface area contributed by atoms with E-state index in [9.17, 15) is 4.79 Å². The smallest absolute Gasteiger partial charge is 0.318 e. The molecule has 2 aromatic heterocycles. The van der Waals surface area contributed by atoms with E-state index in [1.54, 1.807) is 0 Å². The van der Waals surface area contributed by atoms with Gasteiger partial charge in [0, 0.05) is 12.7 Å². The third-order valence-electron chi connectivity index (χ3n) is 4.27. The molecule has 0 bridgehead atoms. The van der Waals surface area contributed by atoms with Crippen molar-refractivity contribution >= 4 is 11.7 Å².